The van der Waals surface area contributed by atoms with Crippen LogP contribution in [0.4, 0.5) is 0 Å². The standard InChI is InChI=1S/C28H31N3O2S/c1-33-28(32)21-11-12-23-22(18-21)19-24-26(23)27(34-16-8-15-31-13-6-3-7-14-31)30-25(29-24)17-20-9-4-2-5-10-20/h2,4-5,9-12,18H,3,6-8,13-17,19H2,1H3. The van der Waals surface area contributed by atoms with Crippen molar-refractivity contribution in [1.82, 2.24) is 14.9 Å². The van der Waals surface area contributed by atoms with Gasteiger partial charge in [0.05, 0.1) is 18.4 Å². The van der Waals surface area contributed by atoms with Gasteiger partial charge in [-0.1, -0.05) is 42.8 Å². The third kappa shape index (κ3) is 5.18. The fourth-order valence-corrected chi connectivity index (χ4v) is 5.95. The number of hydrogen-bond acceptors (Lipinski definition) is 6. The van der Waals surface area contributed by atoms with Gasteiger partial charge in [-0.25, -0.2) is 14.8 Å². The fourth-order valence-electron chi connectivity index (χ4n) is 4.94. The molecule has 0 spiro atoms. The van der Waals surface area contributed by atoms with Crippen molar-refractivity contribution in [2.75, 3.05) is 32.5 Å². The van der Waals surface area contributed by atoms with Gasteiger partial charge in [0.1, 0.15) is 10.9 Å². The largest absolute Gasteiger partial charge is 0.465 e. The van der Waals surface area contributed by atoms with Crippen LogP contribution in [0.5, 0.6) is 0 Å². The summed E-state index contributed by atoms with van der Waals surface area (Å²) < 4.78 is 4.92. The number of benzene rings is 2. The number of nitrogens with zero attached hydrogens (tertiary/aromatic N) is 3. The smallest absolute Gasteiger partial charge is 0.337 e. The van der Waals surface area contributed by atoms with Crippen LogP contribution in [0.15, 0.2) is 53.6 Å². The first-order valence-corrected chi connectivity index (χ1v) is 13.2. The Balaban J connectivity index is 1.39. The lowest BCUT2D eigenvalue weighted by atomic mass is 10.0. The van der Waals surface area contributed by atoms with E-state index in [-0.39, 0.29) is 5.97 Å². The van der Waals surface area contributed by atoms with E-state index < -0.39 is 0 Å². The first-order valence-electron chi connectivity index (χ1n) is 12.2. The summed E-state index contributed by atoms with van der Waals surface area (Å²) in [5.74, 6) is 1.60. The van der Waals surface area contributed by atoms with Gasteiger partial charge in [-0.2, -0.15) is 0 Å². The normalized spacial score (nSPS) is 15.1. The molecule has 34 heavy (non-hydrogen) atoms. The third-order valence-electron chi connectivity index (χ3n) is 6.66. The molecule has 176 valence electrons. The van der Waals surface area contributed by atoms with Gasteiger partial charge in [-0.3, -0.25) is 0 Å². The van der Waals surface area contributed by atoms with Crippen LogP contribution in [-0.4, -0.2) is 53.3 Å². The van der Waals surface area contributed by atoms with Gasteiger partial charge in [-0.15, -0.1) is 11.8 Å². The van der Waals surface area contributed by atoms with Gasteiger partial charge in [-0.05, 0) is 67.7 Å². The van der Waals surface area contributed by atoms with Gasteiger partial charge < -0.3 is 9.64 Å². The van der Waals surface area contributed by atoms with Gasteiger partial charge in [0.2, 0.25) is 0 Å². The Morgan fingerprint density at radius 3 is 2.68 bits per heavy atom. The number of methoxy groups -OCH3 is 1. The van der Waals surface area contributed by atoms with Crippen LogP contribution in [0.25, 0.3) is 11.1 Å². The Kier molecular flexibility index (Phi) is 7.26. The quantitative estimate of drug-likeness (QED) is 0.148. The number of thioether (sulfide) groups is 1. The second kappa shape index (κ2) is 10.7. The number of esters is 1. The fraction of sp³-hybridized carbons (Fsp3) is 0.393. The zero-order chi connectivity index (χ0) is 23.3. The molecule has 0 amide bonds. The highest BCUT2D eigenvalue weighted by atomic mass is 32.2. The highest BCUT2D eigenvalue weighted by Crippen LogP contribution is 2.41. The van der Waals surface area contributed by atoms with Crippen molar-refractivity contribution in [2.45, 2.75) is 43.6 Å². The zero-order valence-corrected chi connectivity index (χ0v) is 20.6. The highest BCUT2D eigenvalue weighted by molar-refractivity contribution is 7.99. The van der Waals surface area contributed by atoms with E-state index >= 15 is 0 Å². The summed E-state index contributed by atoms with van der Waals surface area (Å²) in [5, 5.41) is 1.07. The van der Waals surface area contributed by atoms with E-state index in [2.05, 4.69) is 29.2 Å². The number of fused-ring (bicyclic) bond motifs is 3. The van der Waals surface area contributed by atoms with Crippen molar-refractivity contribution in [3.63, 3.8) is 0 Å². The monoisotopic (exact) mass is 473 g/mol. The van der Waals surface area contributed by atoms with E-state index in [0.29, 0.717) is 5.56 Å². The van der Waals surface area contributed by atoms with Crippen LogP contribution in [0.2, 0.25) is 0 Å². The van der Waals surface area contributed by atoms with Crippen molar-refractivity contribution >= 4 is 17.7 Å². The lowest BCUT2D eigenvalue weighted by molar-refractivity contribution is 0.0600. The number of likely N-dealkylation sites (tertiary alicyclic amines) is 1. The van der Waals surface area contributed by atoms with Gasteiger partial charge in [0.15, 0.2) is 0 Å². The van der Waals surface area contributed by atoms with Crippen LogP contribution in [0.1, 0.15) is 58.7 Å². The maximum atomic E-state index is 12.1. The molecule has 1 aliphatic carbocycles. The summed E-state index contributed by atoms with van der Waals surface area (Å²) in [4.78, 5) is 24.7. The zero-order valence-electron chi connectivity index (χ0n) is 19.8. The second-order valence-corrected chi connectivity index (χ2v) is 10.2. The predicted molar refractivity (Wildman–Crippen MR) is 136 cm³/mol. The molecule has 1 aromatic heterocycles. The summed E-state index contributed by atoms with van der Waals surface area (Å²) in [6.45, 7) is 3.64. The first-order chi connectivity index (χ1) is 16.7. The molecule has 5 rings (SSSR count). The Bertz CT molecular complexity index is 1160. The molecule has 0 bridgehead atoms. The van der Waals surface area contributed by atoms with Gasteiger partial charge in [0, 0.05) is 24.2 Å². The molecule has 6 heteroatoms. The minimum absolute atomic E-state index is 0.304. The molecule has 1 saturated heterocycles. The molecule has 2 aromatic carbocycles. The molecule has 0 atom stereocenters. The van der Waals surface area contributed by atoms with Crippen molar-refractivity contribution in [3.8, 4) is 11.1 Å². The molecule has 1 aliphatic heterocycles. The third-order valence-corrected chi connectivity index (χ3v) is 7.72. The van der Waals surface area contributed by atoms with Crippen molar-refractivity contribution in [1.29, 1.82) is 0 Å². The number of aromatic nitrogens is 2. The molecule has 0 radical (unpaired) electrons. The lowest BCUT2D eigenvalue weighted by Gasteiger charge is -2.26. The minimum Gasteiger partial charge on any atom is -0.465 e. The maximum absolute atomic E-state index is 12.1. The molecule has 0 unspecified atom stereocenters. The maximum Gasteiger partial charge on any atom is 0.337 e. The van der Waals surface area contributed by atoms with E-state index in [1.807, 2.05) is 36.0 Å². The number of hydrogen-bond donors (Lipinski definition) is 0. The number of rotatable bonds is 8. The molecular formula is C28H31N3O2S. The molecule has 5 nitrogen and oxygen atoms in total. The molecule has 2 heterocycles. The Labute approximate surface area is 206 Å². The summed E-state index contributed by atoms with van der Waals surface area (Å²) >= 11 is 1.85. The van der Waals surface area contributed by atoms with Crippen molar-refractivity contribution in [3.05, 3.63) is 76.7 Å². The predicted octanol–water partition coefficient (Wildman–Crippen LogP) is 5.39. The Hall–Kier alpha value is -2.70. The lowest BCUT2D eigenvalue weighted by Crippen LogP contribution is -2.30. The van der Waals surface area contributed by atoms with E-state index in [9.17, 15) is 4.79 Å². The van der Waals surface area contributed by atoms with Crippen LogP contribution in [-0.2, 0) is 17.6 Å². The Morgan fingerprint density at radius 1 is 1.06 bits per heavy atom. The number of ether oxygens (including phenoxy) is 1. The molecule has 3 aromatic rings. The highest BCUT2D eigenvalue weighted by Gasteiger charge is 2.26. The summed E-state index contributed by atoms with van der Waals surface area (Å²) in [6, 6.07) is 16.2. The topological polar surface area (TPSA) is 55.3 Å². The summed E-state index contributed by atoms with van der Waals surface area (Å²) in [7, 11) is 1.42. The van der Waals surface area contributed by atoms with Crippen LogP contribution >= 0.6 is 11.8 Å². The van der Waals surface area contributed by atoms with Gasteiger partial charge >= 0.3 is 5.97 Å². The van der Waals surface area contributed by atoms with E-state index in [4.69, 9.17) is 14.7 Å². The number of carbonyl (C=O) groups excluding carboxylic acids is 1. The number of carbonyl (C=O) groups is 1. The minimum atomic E-state index is -0.304. The molecular weight excluding hydrogens is 442 g/mol. The SMILES string of the molecule is COC(=O)c1ccc2c(c1)Cc1nc(Cc3ccccc3)nc(SCCCN3CCCCC3)c1-2. The van der Waals surface area contributed by atoms with Crippen LogP contribution < -0.4 is 0 Å². The van der Waals surface area contributed by atoms with Crippen LogP contribution in [0.3, 0.4) is 0 Å². The average molecular weight is 474 g/mol. The van der Waals surface area contributed by atoms with E-state index in [0.717, 1.165) is 64.8 Å². The van der Waals surface area contributed by atoms with Crippen LogP contribution in [0, 0.1) is 0 Å². The number of piperidine rings is 1. The average Bonchev–Trinajstić information content (AvgIpc) is 3.25. The summed E-state index contributed by atoms with van der Waals surface area (Å²) in [6.07, 6.45) is 6.64. The molecule has 2 aliphatic rings. The van der Waals surface area contributed by atoms with Gasteiger partial charge in [0.25, 0.3) is 0 Å². The van der Waals surface area contributed by atoms with Crippen molar-refractivity contribution < 1.29 is 9.53 Å². The van der Waals surface area contributed by atoms with Crippen molar-refractivity contribution in [2.24, 2.45) is 0 Å². The molecule has 0 N–H and O–H groups in total. The molecule has 0 saturated carbocycles. The second-order valence-electron chi connectivity index (χ2n) is 9.07. The van der Waals surface area contributed by atoms with E-state index in [1.165, 1.54) is 45.0 Å². The summed E-state index contributed by atoms with van der Waals surface area (Å²) in [5.41, 5.74) is 6.28. The Morgan fingerprint density at radius 2 is 1.88 bits per heavy atom. The van der Waals surface area contributed by atoms with E-state index in [1.54, 1.807) is 0 Å². The molecule has 1 fully saturated rings. The first kappa shape index (κ1) is 23.1.